The molecule has 0 aliphatic rings. The van der Waals surface area contributed by atoms with Crippen molar-refractivity contribution in [2.75, 3.05) is 0 Å². The van der Waals surface area contributed by atoms with Gasteiger partial charge in [-0.15, -0.1) is 0 Å². The lowest BCUT2D eigenvalue weighted by molar-refractivity contribution is 0.406. The minimum absolute atomic E-state index is 0.0540. The Balaban J connectivity index is 2.10. The lowest BCUT2D eigenvalue weighted by atomic mass is 10.1. The van der Waals surface area contributed by atoms with Crippen LogP contribution in [-0.2, 0) is 6.54 Å². The van der Waals surface area contributed by atoms with Gasteiger partial charge in [0.2, 0.25) is 5.88 Å². The maximum absolute atomic E-state index is 13.5. The molecule has 0 saturated heterocycles. The first-order valence-electron chi connectivity index (χ1n) is 6.52. The highest BCUT2D eigenvalue weighted by molar-refractivity contribution is 5.28. The molecule has 0 saturated carbocycles. The number of benzene rings is 1. The third-order valence-electron chi connectivity index (χ3n) is 2.57. The van der Waals surface area contributed by atoms with E-state index in [2.05, 4.69) is 15.3 Å². The summed E-state index contributed by atoms with van der Waals surface area (Å²) >= 11 is 0. The van der Waals surface area contributed by atoms with Gasteiger partial charge in [-0.05, 0) is 32.9 Å². The molecule has 1 heterocycles. The molecule has 0 radical (unpaired) electrons. The first-order chi connectivity index (χ1) is 9.83. The summed E-state index contributed by atoms with van der Waals surface area (Å²) in [4.78, 5) is 8.23. The fourth-order valence-corrected chi connectivity index (χ4v) is 1.55. The maximum atomic E-state index is 13.5. The molecule has 4 nitrogen and oxygen atoms in total. The molecule has 0 fully saturated rings. The van der Waals surface area contributed by atoms with Crippen molar-refractivity contribution in [2.45, 2.75) is 32.9 Å². The minimum atomic E-state index is -0.782. The molecular weight excluding hydrogens is 276 g/mol. The lowest BCUT2D eigenvalue weighted by Gasteiger charge is -2.20. The Bertz CT molecular complexity index is 627. The zero-order chi connectivity index (χ0) is 15.5. The first-order valence-corrected chi connectivity index (χ1v) is 6.52. The average Bonchev–Trinajstić information content (AvgIpc) is 2.39. The Kier molecular flexibility index (Phi) is 4.47. The topological polar surface area (TPSA) is 47.0 Å². The number of aromatic nitrogens is 2. The number of ether oxygens (including phenoxy) is 1. The van der Waals surface area contributed by atoms with Crippen molar-refractivity contribution < 1.29 is 13.5 Å². The van der Waals surface area contributed by atoms with Crippen LogP contribution >= 0.6 is 0 Å². The van der Waals surface area contributed by atoms with Crippen molar-refractivity contribution in [1.29, 1.82) is 0 Å². The Morgan fingerprint density at radius 3 is 2.62 bits per heavy atom. The van der Waals surface area contributed by atoms with E-state index in [-0.39, 0.29) is 17.2 Å². The van der Waals surface area contributed by atoms with E-state index < -0.39 is 11.6 Å². The molecule has 2 rings (SSSR count). The van der Waals surface area contributed by atoms with E-state index in [4.69, 9.17) is 4.74 Å². The van der Waals surface area contributed by atoms with Gasteiger partial charge in [0, 0.05) is 24.3 Å². The molecule has 1 N–H and O–H groups in total. The van der Waals surface area contributed by atoms with Crippen LogP contribution in [0.4, 0.5) is 8.78 Å². The predicted octanol–water partition coefficient (Wildman–Crippen LogP) is 3.44. The van der Waals surface area contributed by atoms with Gasteiger partial charge in [0.25, 0.3) is 0 Å². The Hall–Kier alpha value is -2.08. The second kappa shape index (κ2) is 6.13. The van der Waals surface area contributed by atoms with Crippen molar-refractivity contribution in [3.05, 3.63) is 47.9 Å². The molecule has 0 atom stereocenters. The smallest absolute Gasteiger partial charge is 0.238 e. The van der Waals surface area contributed by atoms with Gasteiger partial charge >= 0.3 is 0 Å². The molecule has 6 heteroatoms. The standard InChI is InChI=1S/C15H17F2N3O/c1-15(2,3)19-8-11-7-18-9-14(20-11)21-13-5-4-10(16)6-12(13)17/h4-7,9,19H,8H2,1-3H3. The van der Waals surface area contributed by atoms with Gasteiger partial charge in [0.05, 0.1) is 11.9 Å². The van der Waals surface area contributed by atoms with Crippen LogP contribution in [0.5, 0.6) is 11.6 Å². The van der Waals surface area contributed by atoms with Gasteiger partial charge in [0.1, 0.15) is 5.82 Å². The molecule has 1 aromatic carbocycles. The highest BCUT2D eigenvalue weighted by atomic mass is 19.1. The summed E-state index contributed by atoms with van der Waals surface area (Å²) in [5, 5.41) is 3.27. The van der Waals surface area contributed by atoms with Gasteiger partial charge < -0.3 is 10.1 Å². The van der Waals surface area contributed by atoms with Crippen molar-refractivity contribution in [1.82, 2.24) is 15.3 Å². The third kappa shape index (κ3) is 4.75. The van der Waals surface area contributed by atoms with Gasteiger partial charge in [-0.2, -0.15) is 0 Å². The van der Waals surface area contributed by atoms with E-state index in [1.807, 2.05) is 20.8 Å². The van der Waals surface area contributed by atoms with Crippen molar-refractivity contribution >= 4 is 0 Å². The van der Waals surface area contributed by atoms with Crippen LogP contribution in [0.25, 0.3) is 0 Å². The number of nitrogens with zero attached hydrogens (tertiary/aromatic N) is 2. The van der Waals surface area contributed by atoms with E-state index in [0.29, 0.717) is 12.2 Å². The Morgan fingerprint density at radius 2 is 1.95 bits per heavy atom. The van der Waals surface area contributed by atoms with Crippen molar-refractivity contribution in [3.8, 4) is 11.6 Å². The summed E-state index contributed by atoms with van der Waals surface area (Å²) in [6.07, 6.45) is 2.98. The predicted molar refractivity (Wildman–Crippen MR) is 75.1 cm³/mol. The second-order valence-electron chi connectivity index (χ2n) is 5.63. The summed E-state index contributed by atoms with van der Waals surface area (Å²) in [7, 11) is 0. The fourth-order valence-electron chi connectivity index (χ4n) is 1.55. The summed E-state index contributed by atoms with van der Waals surface area (Å²) in [6.45, 7) is 6.62. The maximum Gasteiger partial charge on any atom is 0.238 e. The van der Waals surface area contributed by atoms with Crippen molar-refractivity contribution in [3.63, 3.8) is 0 Å². The Morgan fingerprint density at radius 1 is 1.19 bits per heavy atom. The zero-order valence-corrected chi connectivity index (χ0v) is 12.2. The van der Waals surface area contributed by atoms with Gasteiger partial charge in [0.15, 0.2) is 11.6 Å². The number of hydrogen-bond donors (Lipinski definition) is 1. The molecule has 0 amide bonds. The van der Waals surface area contributed by atoms with Crippen LogP contribution in [0.15, 0.2) is 30.6 Å². The van der Waals surface area contributed by atoms with E-state index >= 15 is 0 Å². The molecule has 2 aromatic rings. The van der Waals surface area contributed by atoms with Crippen LogP contribution < -0.4 is 10.1 Å². The summed E-state index contributed by atoms with van der Waals surface area (Å²) in [5.74, 6) is -1.37. The Labute approximate surface area is 122 Å². The number of rotatable bonds is 4. The number of hydrogen-bond acceptors (Lipinski definition) is 4. The van der Waals surface area contributed by atoms with Crippen LogP contribution in [0.2, 0.25) is 0 Å². The van der Waals surface area contributed by atoms with Gasteiger partial charge in [-0.3, -0.25) is 4.98 Å². The normalized spacial score (nSPS) is 11.5. The monoisotopic (exact) mass is 293 g/mol. The molecule has 0 spiro atoms. The molecule has 0 unspecified atom stereocenters. The first kappa shape index (κ1) is 15.3. The lowest BCUT2D eigenvalue weighted by Crippen LogP contribution is -2.35. The highest BCUT2D eigenvalue weighted by Gasteiger charge is 2.11. The van der Waals surface area contributed by atoms with Crippen LogP contribution in [0, 0.1) is 11.6 Å². The second-order valence-corrected chi connectivity index (χ2v) is 5.63. The largest absolute Gasteiger partial charge is 0.434 e. The van der Waals surface area contributed by atoms with Gasteiger partial charge in [-0.1, -0.05) is 0 Å². The van der Waals surface area contributed by atoms with Crippen LogP contribution in [0.1, 0.15) is 26.5 Å². The van der Waals surface area contributed by atoms with E-state index in [9.17, 15) is 8.78 Å². The molecule has 0 aliphatic carbocycles. The fraction of sp³-hybridized carbons (Fsp3) is 0.333. The minimum Gasteiger partial charge on any atom is -0.434 e. The quantitative estimate of drug-likeness (QED) is 0.938. The molecule has 21 heavy (non-hydrogen) atoms. The van der Waals surface area contributed by atoms with Crippen molar-refractivity contribution in [2.24, 2.45) is 0 Å². The average molecular weight is 293 g/mol. The molecule has 0 bridgehead atoms. The number of halogens is 2. The molecule has 0 aliphatic heterocycles. The highest BCUT2D eigenvalue weighted by Crippen LogP contribution is 2.23. The summed E-state index contributed by atoms with van der Waals surface area (Å²) < 4.78 is 31.6. The number of nitrogens with one attached hydrogen (secondary N) is 1. The van der Waals surface area contributed by atoms with E-state index in [0.717, 1.165) is 12.1 Å². The summed E-state index contributed by atoms with van der Waals surface area (Å²) in [6, 6.07) is 3.09. The van der Waals surface area contributed by atoms with Crippen LogP contribution in [-0.4, -0.2) is 15.5 Å². The van der Waals surface area contributed by atoms with Gasteiger partial charge in [-0.25, -0.2) is 13.8 Å². The summed E-state index contributed by atoms with van der Waals surface area (Å²) in [5.41, 5.74) is 0.617. The molecule has 1 aromatic heterocycles. The van der Waals surface area contributed by atoms with Crippen LogP contribution in [0.3, 0.4) is 0 Å². The molecule has 112 valence electrons. The SMILES string of the molecule is CC(C)(C)NCc1cncc(Oc2ccc(F)cc2F)n1. The van der Waals surface area contributed by atoms with E-state index in [1.165, 1.54) is 12.3 Å². The van der Waals surface area contributed by atoms with E-state index in [1.54, 1.807) is 6.20 Å². The zero-order valence-electron chi connectivity index (χ0n) is 12.2. The third-order valence-corrected chi connectivity index (χ3v) is 2.57. The molecular formula is C15H17F2N3O.